The van der Waals surface area contributed by atoms with Crippen LogP contribution >= 0.6 is 0 Å². The molecule has 1 aliphatic rings. The molecule has 0 bridgehead atoms. The highest BCUT2D eigenvalue weighted by atomic mass is 16.6. The van der Waals surface area contributed by atoms with Gasteiger partial charge < -0.3 is 19.5 Å². The molecule has 0 aromatic heterocycles. The Hall–Kier alpha value is -2.08. The van der Waals surface area contributed by atoms with Gasteiger partial charge in [0.15, 0.2) is 0 Å². The highest BCUT2D eigenvalue weighted by molar-refractivity contribution is 5.87. The van der Waals surface area contributed by atoms with E-state index in [2.05, 4.69) is 5.32 Å². The second kappa shape index (κ2) is 7.26. The van der Waals surface area contributed by atoms with E-state index in [1.165, 1.54) is 7.11 Å². The number of nitrogens with one attached hydrogen (secondary N) is 1. The van der Waals surface area contributed by atoms with Crippen molar-refractivity contribution in [3.63, 3.8) is 0 Å². The van der Waals surface area contributed by atoms with Gasteiger partial charge in [0, 0.05) is 19.4 Å². The maximum Gasteiger partial charge on any atom is 0.408 e. The summed E-state index contributed by atoms with van der Waals surface area (Å²) in [6.45, 7) is 2.61. The van der Waals surface area contributed by atoms with Crippen LogP contribution in [0.5, 0.6) is 0 Å². The van der Waals surface area contributed by atoms with Crippen LogP contribution in [0.1, 0.15) is 25.3 Å². The molecule has 0 heterocycles. The lowest BCUT2D eigenvalue weighted by Gasteiger charge is -2.44. The lowest BCUT2D eigenvalue weighted by atomic mass is 9.74. The second-order valence-electron chi connectivity index (χ2n) is 5.25. The van der Waals surface area contributed by atoms with Gasteiger partial charge in [-0.15, -0.1) is 0 Å². The number of rotatable bonds is 6. The largest absolute Gasteiger partial charge is 0.467 e. The number of ether oxygens (including phenoxy) is 3. The smallest absolute Gasteiger partial charge is 0.408 e. The lowest BCUT2D eigenvalue weighted by molar-refractivity contribution is -0.160. The summed E-state index contributed by atoms with van der Waals surface area (Å²) in [5.41, 5.74) is -0.159. The molecule has 0 aliphatic heterocycles. The molecule has 2 rings (SSSR count). The Balaban J connectivity index is 1.88. The van der Waals surface area contributed by atoms with Crippen molar-refractivity contribution in [3.8, 4) is 0 Å². The number of amides is 1. The van der Waals surface area contributed by atoms with E-state index >= 15 is 0 Å². The SMILES string of the molecule is CCOC1CC(NC(=O)OCc2ccccc2)(C(=O)OC)C1. The Labute approximate surface area is 129 Å². The fraction of sp³-hybridized carbons (Fsp3) is 0.500. The molecule has 1 amide bonds. The van der Waals surface area contributed by atoms with Crippen molar-refractivity contribution in [3.05, 3.63) is 35.9 Å². The zero-order chi connectivity index (χ0) is 16.0. The van der Waals surface area contributed by atoms with E-state index in [1.807, 2.05) is 37.3 Å². The Kier molecular flexibility index (Phi) is 5.38. The number of carbonyl (C=O) groups is 2. The van der Waals surface area contributed by atoms with E-state index < -0.39 is 17.6 Å². The van der Waals surface area contributed by atoms with E-state index in [0.717, 1.165) is 5.56 Å². The number of hydrogen-bond donors (Lipinski definition) is 1. The number of alkyl carbamates (subject to hydrolysis) is 1. The minimum atomic E-state index is -1.04. The van der Waals surface area contributed by atoms with Crippen LogP contribution in [0.3, 0.4) is 0 Å². The maximum atomic E-state index is 11.9. The topological polar surface area (TPSA) is 73.9 Å². The molecular weight excluding hydrogens is 286 g/mol. The van der Waals surface area contributed by atoms with Gasteiger partial charge in [0.05, 0.1) is 13.2 Å². The van der Waals surface area contributed by atoms with Crippen LogP contribution in [-0.4, -0.2) is 37.4 Å². The Morgan fingerprint density at radius 2 is 1.95 bits per heavy atom. The molecule has 1 saturated carbocycles. The molecule has 6 heteroatoms. The summed E-state index contributed by atoms with van der Waals surface area (Å²) in [7, 11) is 1.30. The summed E-state index contributed by atoms with van der Waals surface area (Å²) in [6, 6.07) is 9.34. The number of benzene rings is 1. The Bertz CT molecular complexity index is 511. The summed E-state index contributed by atoms with van der Waals surface area (Å²) in [6.07, 6.45) is 0.116. The van der Waals surface area contributed by atoms with Crippen LogP contribution in [0.15, 0.2) is 30.3 Å². The Morgan fingerprint density at radius 3 is 2.55 bits per heavy atom. The molecule has 22 heavy (non-hydrogen) atoms. The first-order valence-electron chi connectivity index (χ1n) is 7.28. The fourth-order valence-corrected chi connectivity index (χ4v) is 2.54. The van der Waals surface area contributed by atoms with Gasteiger partial charge in [0.25, 0.3) is 0 Å². The molecule has 1 aliphatic carbocycles. The highest BCUT2D eigenvalue weighted by Crippen LogP contribution is 2.35. The second-order valence-corrected chi connectivity index (χ2v) is 5.25. The predicted molar refractivity (Wildman–Crippen MR) is 79.2 cm³/mol. The minimum absolute atomic E-state index is 0.0430. The van der Waals surface area contributed by atoms with Crippen LogP contribution in [0, 0.1) is 0 Å². The van der Waals surface area contributed by atoms with E-state index in [1.54, 1.807) is 0 Å². The van der Waals surface area contributed by atoms with E-state index in [0.29, 0.717) is 19.4 Å². The standard InChI is InChI=1S/C16H21NO5/c1-3-21-13-9-16(10-13,14(18)20-2)17-15(19)22-11-12-7-5-4-6-8-12/h4-8,13H,3,9-11H2,1-2H3,(H,17,19). The van der Waals surface area contributed by atoms with Gasteiger partial charge in [-0.05, 0) is 12.5 Å². The van der Waals surface area contributed by atoms with Gasteiger partial charge in [-0.3, -0.25) is 0 Å². The fourth-order valence-electron chi connectivity index (χ4n) is 2.54. The van der Waals surface area contributed by atoms with Gasteiger partial charge in [0.2, 0.25) is 0 Å². The Morgan fingerprint density at radius 1 is 1.27 bits per heavy atom. The molecule has 1 fully saturated rings. The number of esters is 1. The first-order chi connectivity index (χ1) is 10.6. The van der Waals surface area contributed by atoms with Gasteiger partial charge in [0.1, 0.15) is 12.1 Å². The van der Waals surface area contributed by atoms with Crippen LogP contribution in [0.4, 0.5) is 4.79 Å². The van der Waals surface area contributed by atoms with Crippen molar-refractivity contribution in [2.75, 3.05) is 13.7 Å². The molecular formula is C16H21NO5. The minimum Gasteiger partial charge on any atom is -0.467 e. The van der Waals surface area contributed by atoms with E-state index in [4.69, 9.17) is 14.2 Å². The predicted octanol–water partition coefficient (Wildman–Crippen LogP) is 2.02. The molecule has 0 unspecified atom stereocenters. The monoisotopic (exact) mass is 307 g/mol. The molecule has 0 spiro atoms. The summed E-state index contributed by atoms with van der Waals surface area (Å²) < 4.78 is 15.4. The molecule has 1 aromatic rings. The summed E-state index contributed by atoms with van der Waals surface area (Å²) in [5.74, 6) is -0.472. The van der Waals surface area contributed by atoms with E-state index in [9.17, 15) is 9.59 Å². The van der Waals surface area contributed by atoms with Crippen molar-refractivity contribution in [2.24, 2.45) is 0 Å². The third-order valence-electron chi connectivity index (χ3n) is 3.68. The van der Waals surface area contributed by atoms with Crippen molar-refractivity contribution in [1.29, 1.82) is 0 Å². The number of hydrogen-bond acceptors (Lipinski definition) is 5. The summed E-state index contributed by atoms with van der Waals surface area (Å²) >= 11 is 0. The normalized spacial score (nSPS) is 23.3. The summed E-state index contributed by atoms with van der Waals surface area (Å²) in [4.78, 5) is 23.9. The van der Waals surface area contributed by atoms with Crippen LogP contribution in [0.2, 0.25) is 0 Å². The third-order valence-corrected chi connectivity index (χ3v) is 3.68. The molecule has 0 saturated heterocycles. The highest BCUT2D eigenvalue weighted by Gasteiger charge is 2.53. The van der Waals surface area contributed by atoms with Gasteiger partial charge in [-0.1, -0.05) is 30.3 Å². The van der Waals surface area contributed by atoms with Crippen LogP contribution in [0.25, 0.3) is 0 Å². The third kappa shape index (κ3) is 3.76. The van der Waals surface area contributed by atoms with E-state index in [-0.39, 0.29) is 12.7 Å². The zero-order valence-corrected chi connectivity index (χ0v) is 12.8. The van der Waals surface area contributed by atoms with Crippen molar-refractivity contribution in [2.45, 2.75) is 38.0 Å². The average molecular weight is 307 g/mol. The quantitative estimate of drug-likeness (QED) is 0.814. The lowest BCUT2D eigenvalue weighted by Crippen LogP contribution is -2.65. The van der Waals surface area contributed by atoms with Gasteiger partial charge >= 0.3 is 12.1 Å². The maximum absolute atomic E-state index is 11.9. The van der Waals surface area contributed by atoms with Crippen molar-refractivity contribution >= 4 is 12.1 Å². The first-order valence-corrected chi connectivity index (χ1v) is 7.28. The van der Waals surface area contributed by atoms with Crippen molar-refractivity contribution < 1.29 is 23.8 Å². The number of methoxy groups -OCH3 is 1. The number of carbonyl (C=O) groups excluding carboxylic acids is 2. The average Bonchev–Trinajstić information content (AvgIpc) is 2.51. The molecule has 1 N–H and O–H groups in total. The summed E-state index contributed by atoms with van der Waals surface area (Å²) in [5, 5.41) is 2.62. The van der Waals surface area contributed by atoms with Gasteiger partial charge in [-0.2, -0.15) is 0 Å². The van der Waals surface area contributed by atoms with Crippen LogP contribution < -0.4 is 5.32 Å². The van der Waals surface area contributed by atoms with Crippen molar-refractivity contribution in [1.82, 2.24) is 5.32 Å². The zero-order valence-electron chi connectivity index (χ0n) is 12.8. The van der Waals surface area contributed by atoms with Gasteiger partial charge in [-0.25, -0.2) is 9.59 Å². The molecule has 0 atom stereocenters. The van der Waals surface area contributed by atoms with Crippen LogP contribution in [-0.2, 0) is 25.6 Å². The molecule has 6 nitrogen and oxygen atoms in total. The molecule has 1 aromatic carbocycles. The first kappa shape index (κ1) is 16.3. The molecule has 0 radical (unpaired) electrons. The molecule has 120 valence electrons.